The van der Waals surface area contributed by atoms with Crippen molar-refractivity contribution >= 4 is 17.5 Å². The smallest absolute Gasteiger partial charge is 0.254 e. The van der Waals surface area contributed by atoms with Crippen molar-refractivity contribution in [3.8, 4) is 0 Å². The fourth-order valence-corrected chi connectivity index (χ4v) is 3.25. The van der Waals surface area contributed by atoms with Crippen LogP contribution in [-0.2, 0) is 11.2 Å². The van der Waals surface area contributed by atoms with Gasteiger partial charge in [0.05, 0.1) is 6.42 Å². The predicted molar refractivity (Wildman–Crippen MR) is 99.6 cm³/mol. The maximum atomic E-state index is 12.6. The van der Waals surface area contributed by atoms with Crippen molar-refractivity contribution in [3.63, 3.8) is 0 Å². The SMILES string of the molecule is CC1CCCCN1C(=O)c1ccc(NC(=O)Cc2ccccc2)cc1. The first-order valence-corrected chi connectivity index (χ1v) is 8.88. The van der Waals surface area contributed by atoms with Gasteiger partial charge in [-0.1, -0.05) is 30.3 Å². The van der Waals surface area contributed by atoms with Gasteiger partial charge in [0.1, 0.15) is 0 Å². The van der Waals surface area contributed by atoms with Gasteiger partial charge in [0.25, 0.3) is 5.91 Å². The molecule has 4 heteroatoms. The first-order valence-electron chi connectivity index (χ1n) is 8.88. The van der Waals surface area contributed by atoms with Crippen molar-refractivity contribution in [2.45, 2.75) is 38.6 Å². The zero-order valence-electron chi connectivity index (χ0n) is 14.6. The Kier molecular flexibility index (Phi) is 5.49. The average Bonchev–Trinajstić information content (AvgIpc) is 2.63. The molecule has 1 atom stereocenters. The summed E-state index contributed by atoms with van der Waals surface area (Å²) < 4.78 is 0. The largest absolute Gasteiger partial charge is 0.336 e. The van der Waals surface area contributed by atoms with Crippen LogP contribution < -0.4 is 5.32 Å². The van der Waals surface area contributed by atoms with Crippen molar-refractivity contribution in [3.05, 3.63) is 65.7 Å². The Morgan fingerprint density at radius 2 is 1.76 bits per heavy atom. The van der Waals surface area contributed by atoms with E-state index in [-0.39, 0.29) is 11.8 Å². The summed E-state index contributed by atoms with van der Waals surface area (Å²) in [7, 11) is 0. The normalized spacial score (nSPS) is 17.2. The van der Waals surface area contributed by atoms with Crippen LogP contribution in [0.1, 0.15) is 42.1 Å². The van der Waals surface area contributed by atoms with E-state index in [1.807, 2.05) is 35.2 Å². The molecule has 0 saturated carbocycles. The van der Waals surface area contributed by atoms with Crippen LogP contribution in [0.4, 0.5) is 5.69 Å². The lowest BCUT2D eigenvalue weighted by atomic mass is 10.0. The Balaban J connectivity index is 1.60. The topological polar surface area (TPSA) is 49.4 Å². The number of hydrogen-bond donors (Lipinski definition) is 1. The molecule has 1 fully saturated rings. The summed E-state index contributed by atoms with van der Waals surface area (Å²) in [5.74, 6) is 0.0179. The summed E-state index contributed by atoms with van der Waals surface area (Å²) in [6.07, 6.45) is 3.67. The second-order valence-electron chi connectivity index (χ2n) is 6.63. The molecule has 1 unspecified atom stereocenters. The summed E-state index contributed by atoms with van der Waals surface area (Å²) in [5, 5.41) is 2.88. The number of nitrogens with one attached hydrogen (secondary N) is 1. The summed E-state index contributed by atoms with van der Waals surface area (Å²) in [5.41, 5.74) is 2.37. The van der Waals surface area contributed by atoms with Crippen molar-refractivity contribution in [1.29, 1.82) is 0 Å². The van der Waals surface area contributed by atoms with E-state index in [4.69, 9.17) is 0 Å². The molecule has 1 saturated heterocycles. The highest BCUT2D eigenvalue weighted by molar-refractivity contribution is 5.96. The summed E-state index contributed by atoms with van der Waals surface area (Å²) in [4.78, 5) is 26.7. The fourth-order valence-electron chi connectivity index (χ4n) is 3.25. The van der Waals surface area contributed by atoms with Crippen molar-refractivity contribution < 1.29 is 9.59 Å². The Morgan fingerprint density at radius 1 is 1.04 bits per heavy atom. The van der Waals surface area contributed by atoms with Crippen LogP contribution in [0.15, 0.2) is 54.6 Å². The van der Waals surface area contributed by atoms with Gasteiger partial charge in [-0.25, -0.2) is 0 Å². The molecule has 4 nitrogen and oxygen atoms in total. The number of hydrogen-bond acceptors (Lipinski definition) is 2. The van der Waals surface area contributed by atoms with Crippen LogP contribution in [0.5, 0.6) is 0 Å². The van der Waals surface area contributed by atoms with Gasteiger partial charge in [-0.15, -0.1) is 0 Å². The van der Waals surface area contributed by atoms with Gasteiger partial charge in [0, 0.05) is 23.8 Å². The lowest BCUT2D eigenvalue weighted by molar-refractivity contribution is -0.115. The van der Waals surface area contributed by atoms with Crippen LogP contribution in [0.2, 0.25) is 0 Å². The van der Waals surface area contributed by atoms with Crippen LogP contribution in [0, 0.1) is 0 Å². The molecule has 0 radical (unpaired) electrons. The Hall–Kier alpha value is -2.62. The maximum Gasteiger partial charge on any atom is 0.254 e. The lowest BCUT2D eigenvalue weighted by Gasteiger charge is -2.33. The van der Waals surface area contributed by atoms with Gasteiger partial charge in [0.2, 0.25) is 5.91 Å². The van der Waals surface area contributed by atoms with Gasteiger partial charge in [0.15, 0.2) is 0 Å². The van der Waals surface area contributed by atoms with Crippen LogP contribution in [-0.4, -0.2) is 29.3 Å². The molecule has 1 heterocycles. The van der Waals surface area contributed by atoms with Crippen LogP contribution >= 0.6 is 0 Å². The predicted octanol–water partition coefficient (Wildman–Crippen LogP) is 3.88. The third-order valence-corrected chi connectivity index (χ3v) is 4.69. The molecule has 3 rings (SSSR count). The number of likely N-dealkylation sites (tertiary alicyclic amines) is 1. The molecule has 2 amide bonds. The van der Waals surface area contributed by atoms with E-state index in [0.29, 0.717) is 23.7 Å². The lowest BCUT2D eigenvalue weighted by Crippen LogP contribution is -2.42. The summed E-state index contributed by atoms with van der Waals surface area (Å²) in [6, 6.07) is 17.1. The minimum atomic E-state index is -0.0603. The molecule has 2 aromatic carbocycles. The zero-order valence-corrected chi connectivity index (χ0v) is 14.6. The molecule has 130 valence electrons. The molecule has 0 bridgehead atoms. The average molecular weight is 336 g/mol. The molecule has 1 aliphatic heterocycles. The summed E-state index contributed by atoms with van der Waals surface area (Å²) >= 11 is 0. The van der Waals surface area contributed by atoms with Gasteiger partial charge < -0.3 is 10.2 Å². The van der Waals surface area contributed by atoms with Crippen molar-refractivity contribution in [1.82, 2.24) is 4.90 Å². The molecule has 25 heavy (non-hydrogen) atoms. The van der Waals surface area contributed by atoms with E-state index in [9.17, 15) is 9.59 Å². The maximum absolute atomic E-state index is 12.6. The minimum absolute atomic E-state index is 0.0603. The van der Waals surface area contributed by atoms with E-state index in [1.54, 1.807) is 24.3 Å². The Labute approximate surface area is 148 Å². The first kappa shape index (κ1) is 17.2. The number of piperidine rings is 1. The Bertz CT molecular complexity index is 725. The van der Waals surface area contributed by atoms with Crippen molar-refractivity contribution in [2.75, 3.05) is 11.9 Å². The van der Waals surface area contributed by atoms with Crippen LogP contribution in [0.25, 0.3) is 0 Å². The number of benzene rings is 2. The molecular weight excluding hydrogens is 312 g/mol. The van der Waals surface area contributed by atoms with E-state index >= 15 is 0 Å². The Morgan fingerprint density at radius 3 is 2.44 bits per heavy atom. The number of carbonyl (C=O) groups excluding carboxylic acids is 2. The molecule has 1 N–H and O–H groups in total. The number of rotatable bonds is 4. The molecule has 2 aromatic rings. The highest BCUT2D eigenvalue weighted by atomic mass is 16.2. The highest BCUT2D eigenvalue weighted by Gasteiger charge is 2.24. The second-order valence-corrected chi connectivity index (χ2v) is 6.63. The summed E-state index contributed by atoms with van der Waals surface area (Å²) in [6.45, 7) is 2.94. The second kappa shape index (κ2) is 7.97. The minimum Gasteiger partial charge on any atom is -0.336 e. The van der Waals surface area contributed by atoms with Gasteiger partial charge >= 0.3 is 0 Å². The molecule has 1 aliphatic rings. The standard InChI is InChI=1S/C21H24N2O2/c1-16-7-5-6-14-23(16)21(25)18-10-12-19(13-11-18)22-20(24)15-17-8-3-2-4-9-17/h2-4,8-13,16H,5-7,14-15H2,1H3,(H,22,24). The van der Waals surface area contributed by atoms with E-state index < -0.39 is 0 Å². The zero-order chi connectivity index (χ0) is 17.6. The third kappa shape index (κ3) is 4.47. The molecule has 0 aromatic heterocycles. The van der Waals surface area contributed by atoms with Gasteiger partial charge in [-0.05, 0) is 56.0 Å². The quantitative estimate of drug-likeness (QED) is 0.921. The van der Waals surface area contributed by atoms with E-state index in [2.05, 4.69) is 12.2 Å². The number of nitrogens with zero attached hydrogens (tertiary/aromatic N) is 1. The fraction of sp³-hybridized carbons (Fsp3) is 0.333. The monoisotopic (exact) mass is 336 g/mol. The van der Waals surface area contributed by atoms with Gasteiger partial charge in [-0.3, -0.25) is 9.59 Å². The number of carbonyl (C=O) groups is 2. The molecule has 0 spiro atoms. The molecule has 0 aliphatic carbocycles. The van der Waals surface area contributed by atoms with E-state index in [1.165, 1.54) is 6.42 Å². The number of amides is 2. The van der Waals surface area contributed by atoms with Gasteiger partial charge in [-0.2, -0.15) is 0 Å². The third-order valence-electron chi connectivity index (χ3n) is 4.69. The van der Waals surface area contributed by atoms with Crippen molar-refractivity contribution in [2.24, 2.45) is 0 Å². The highest BCUT2D eigenvalue weighted by Crippen LogP contribution is 2.20. The number of anilines is 1. The first-order chi connectivity index (χ1) is 12.1. The van der Waals surface area contributed by atoms with Crippen LogP contribution in [0.3, 0.4) is 0 Å². The molecular formula is C21H24N2O2. The van der Waals surface area contributed by atoms with E-state index in [0.717, 1.165) is 24.9 Å².